The lowest BCUT2D eigenvalue weighted by Crippen LogP contribution is -2.37. The number of hydrogen-bond donors (Lipinski definition) is 3. The Bertz CT molecular complexity index is 719. The van der Waals surface area contributed by atoms with Crippen molar-refractivity contribution in [1.82, 2.24) is 4.90 Å². The highest BCUT2D eigenvalue weighted by Gasteiger charge is 2.13. The van der Waals surface area contributed by atoms with Crippen LogP contribution in [0.25, 0.3) is 0 Å². The first-order valence-electron chi connectivity index (χ1n) is 17.5. The summed E-state index contributed by atoms with van der Waals surface area (Å²) in [6.45, 7) is 2.48. The number of carboxylic acid groups (broad SMARTS) is 1. The van der Waals surface area contributed by atoms with Gasteiger partial charge in [0.1, 0.15) is 13.2 Å². The van der Waals surface area contributed by atoms with Gasteiger partial charge < -0.3 is 39.2 Å². The Kier molecular flexibility index (Phi) is 32.9. The van der Waals surface area contributed by atoms with Crippen molar-refractivity contribution in [2.45, 2.75) is 116 Å². The van der Waals surface area contributed by atoms with Gasteiger partial charge >= 0.3 is 5.97 Å². The molecule has 0 rings (SSSR count). The number of nitrogens with zero attached hydrogens (tertiary/aromatic N) is 1. The summed E-state index contributed by atoms with van der Waals surface area (Å²) in [5.41, 5.74) is 0. The molecular weight excluding hydrogens is 598 g/mol. The van der Waals surface area contributed by atoms with Gasteiger partial charge in [-0.3, -0.25) is 19.2 Å². The molecule has 3 N–H and O–H groups in total. The van der Waals surface area contributed by atoms with Crippen molar-refractivity contribution in [3.8, 4) is 0 Å². The Balaban J connectivity index is 4.03. The predicted molar refractivity (Wildman–Crippen MR) is 175 cm³/mol. The second-order valence-electron chi connectivity index (χ2n) is 11.6. The molecule has 0 radical (unpaired) electrons. The van der Waals surface area contributed by atoms with Crippen molar-refractivity contribution >= 4 is 23.4 Å². The van der Waals surface area contributed by atoms with Crippen molar-refractivity contribution in [2.24, 2.45) is 0 Å². The van der Waals surface area contributed by atoms with Gasteiger partial charge in [0.25, 0.3) is 0 Å². The third-order valence-corrected chi connectivity index (χ3v) is 7.54. The van der Waals surface area contributed by atoms with Crippen LogP contribution in [-0.4, -0.2) is 123 Å². The number of carbonyl (C=O) groups excluding carboxylic acids is 3. The summed E-state index contributed by atoms with van der Waals surface area (Å²) in [7, 11) is 0. The van der Waals surface area contributed by atoms with Crippen molar-refractivity contribution in [2.75, 3.05) is 79.2 Å². The Hall–Kier alpha value is -1.96. The van der Waals surface area contributed by atoms with E-state index < -0.39 is 19.2 Å². The van der Waals surface area contributed by atoms with Gasteiger partial charge in [-0.25, -0.2) is 0 Å². The lowest BCUT2D eigenvalue weighted by Gasteiger charge is -2.23. The standard InChI is InChI=1S/C34H63NO11/c36-29-31(38)17-21-43-25-27-45-23-19-35(20-24-46-28-26-44-22-18-32(39)30-37)33(40)15-13-11-9-7-5-3-1-2-4-6-8-10-12-14-16-34(41)42/h36-37H,1-30H2,(H,41,42). The van der Waals surface area contributed by atoms with Gasteiger partial charge in [0.15, 0.2) is 11.6 Å². The fourth-order valence-corrected chi connectivity index (χ4v) is 4.72. The van der Waals surface area contributed by atoms with Crippen molar-refractivity contribution in [3.63, 3.8) is 0 Å². The first-order valence-corrected chi connectivity index (χ1v) is 17.5. The number of aliphatic carboxylic acids is 1. The van der Waals surface area contributed by atoms with E-state index >= 15 is 0 Å². The zero-order valence-electron chi connectivity index (χ0n) is 28.3. The molecule has 0 aromatic heterocycles. The number of Topliss-reactive ketones (excluding diaryl/α,β-unsaturated/α-hetero) is 2. The average Bonchev–Trinajstić information content (AvgIpc) is 3.05. The highest BCUT2D eigenvalue weighted by Crippen LogP contribution is 2.14. The molecule has 0 unspecified atom stereocenters. The van der Waals surface area contributed by atoms with E-state index in [1.807, 2.05) is 0 Å². The predicted octanol–water partition coefficient (Wildman–Crippen LogP) is 4.11. The van der Waals surface area contributed by atoms with Gasteiger partial charge in [-0.05, 0) is 12.8 Å². The number of carboxylic acids is 1. The minimum atomic E-state index is -0.699. The van der Waals surface area contributed by atoms with Crippen LogP contribution >= 0.6 is 0 Å². The van der Waals surface area contributed by atoms with Crippen LogP contribution in [0.5, 0.6) is 0 Å². The molecule has 0 spiro atoms. The summed E-state index contributed by atoms with van der Waals surface area (Å²) in [4.78, 5) is 47.4. The van der Waals surface area contributed by atoms with Gasteiger partial charge in [-0.1, -0.05) is 77.0 Å². The zero-order valence-corrected chi connectivity index (χ0v) is 28.3. The summed E-state index contributed by atoms with van der Waals surface area (Å²) < 4.78 is 21.9. The van der Waals surface area contributed by atoms with Crippen LogP contribution in [0.4, 0.5) is 0 Å². The summed E-state index contributed by atoms with van der Waals surface area (Å²) in [5.74, 6) is -1.15. The number of hydrogen-bond acceptors (Lipinski definition) is 10. The van der Waals surface area contributed by atoms with E-state index in [2.05, 4.69) is 0 Å². The van der Waals surface area contributed by atoms with Crippen LogP contribution in [0.2, 0.25) is 0 Å². The molecule has 0 aliphatic heterocycles. The van der Waals surface area contributed by atoms with Crippen molar-refractivity contribution in [1.29, 1.82) is 0 Å². The number of rotatable bonds is 37. The SMILES string of the molecule is O=C(O)CCCCCCCCCCCCCCCCC(=O)N(CCOCCOCCC(=O)CO)CCOCCOCCC(=O)CO. The first-order chi connectivity index (χ1) is 22.4. The third kappa shape index (κ3) is 32.0. The van der Waals surface area contributed by atoms with Gasteiger partial charge in [-0.2, -0.15) is 0 Å². The lowest BCUT2D eigenvalue weighted by molar-refractivity contribution is -0.137. The smallest absolute Gasteiger partial charge is 0.303 e. The molecule has 0 fully saturated rings. The molecule has 0 aromatic carbocycles. The monoisotopic (exact) mass is 661 g/mol. The van der Waals surface area contributed by atoms with Crippen molar-refractivity contribution < 1.29 is 53.4 Å². The fraction of sp³-hybridized carbons (Fsp3) is 0.882. The summed E-state index contributed by atoms with van der Waals surface area (Å²) in [6, 6.07) is 0. The summed E-state index contributed by atoms with van der Waals surface area (Å²) in [5, 5.41) is 26.1. The molecule has 46 heavy (non-hydrogen) atoms. The number of amides is 1. The highest BCUT2D eigenvalue weighted by molar-refractivity contribution is 5.79. The maximum atomic E-state index is 12.9. The number of unbranched alkanes of at least 4 members (excludes halogenated alkanes) is 13. The largest absolute Gasteiger partial charge is 0.481 e. The third-order valence-electron chi connectivity index (χ3n) is 7.54. The number of carbonyl (C=O) groups is 4. The first kappa shape index (κ1) is 44.0. The fourth-order valence-electron chi connectivity index (χ4n) is 4.72. The van der Waals surface area contributed by atoms with Gasteiger partial charge in [-0.15, -0.1) is 0 Å². The topological polar surface area (TPSA) is 169 Å². The second-order valence-corrected chi connectivity index (χ2v) is 11.6. The minimum Gasteiger partial charge on any atom is -0.481 e. The van der Waals surface area contributed by atoms with Crippen LogP contribution in [0.3, 0.4) is 0 Å². The molecule has 1 amide bonds. The Labute approximate surface area is 276 Å². The summed E-state index contributed by atoms with van der Waals surface area (Å²) in [6.07, 6.45) is 17.0. The van der Waals surface area contributed by atoms with E-state index in [-0.39, 0.29) is 49.9 Å². The molecule has 0 bridgehead atoms. The van der Waals surface area contributed by atoms with E-state index in [9.17, 15) is 19.2 Å². The number of ether oxygens (including phenoxy) is 4. The molecule has 0 heterocycles. The van der Waals surface area contributed by atoms with E-state index in [0.717, 1.165) is 38.5 Å². The molecule has 0 saturated heterocycles. The van der Waals surface area contributed by atoms with E-state index in [4.69, 9.17) is 34.3 Å². The maximum Gasteiger partial charge on any atom is 0.303 e. The normalized spacial score (nSPS) is 11.2. The van der Waals surface area contributed by atoms with Crippen LogP contribution in [-0.2, 0) is 38.1 Å². The number of aliphatic hydroxyl groups excluding tert-OH is 2. The molecule has 0 aromatic rings. The Morgan fingerprint density at radius 1 is 0.413 bits per heavy atom. The average molecular weight is 662 g/mol. The van der Waals surface area contributed by atoms with Gasteiger partial charge in [0, 0.05) is 38.8 Å². The van der Waals surface area contributed by atoms with Crippen molar-refractivity contribution in [3.05, 3.63) is 0 Å². The molecule has 270 valence electrons. The highest BCUT2D eigenvalue weighted by atomic mass is 16.5. The van der Waals surface area contributed by atoms with Gasteiger partial charge in [0.2, 0.25) is 5.91 Å². The Morgan fingerprint density at radius 2 is 0.739 bits per heavy atom. The van der Waals surface area contributed by atoms with Crippen LogP contribution in [0.15, 0.2) is 0 Å². The second kappa shape index (κ2) is 34.4. The Morgan fingerprint density at radius 3 is 1.09 bits per heavy atom. The van der Waals surface area contributed by atoms with E-state index in [1.54, 1.807) is 4.90 Å². The molecule has 12 heteroatoms. The number of aliphatic hydroxyl groups is 2. The van der Waals surface area contributed by atoms with E-state index in [1.165, 1.54) is 51.4 Å². The molecule has 0 saturated carbocycles. The maximum absolute atomic E-state index is 12.9. The van der Waals surface area contributed by atoms with Crippen LogP contribution in [0.1, 0.15) is 116 Å². The summed E-state index contributed by atoms with van der Waals surface area (Å²) >= 11 is 0. The molecule has 0 aliphatic carbocycles. The minimum absolute atomic E-state index is 0.0756. The number of ketones is 2. The zero-order chi connectivity index (χ0) is 33.9. The molecule has 0 aliphatic rings. The van der Waals surface area contributed by atoms with Gasteiger partial charge in [0.05, 0.1) is 52.9 Å². The van der Waals surface area contributed by atoms with Crippen LogP contribution < -0.4 is 0 Å². The lowest BCUT2D eigenvalue weighted by atomic mass is 10.0. The molecule has 0 atom stereocenters. The quantitative estimate of drug-likeness (QED) is 0.0819. The van der Waals surface area contributed by atoms with E-state index in [0.29, 0.717) is 59.2 Å². The molecule has 12 nitrogen and oxygen atoms in total. The molecular formula is C34H63NO11. The van der Waals surface area contributed by atoms with Crippen LogP contribution in [0, 0.1) is 0 Å².